The smallest absolute Gasteiger partial charge is 0.164 e. The molecule has 4 aromatic rings. The van der Waals surface area contributed by atoms with E-state index in [9.17, 15) is 0 Å². The molecule has 0 atom stereocenters. The van der Waals surface area contributed by atoms with Gasteiger partial charge in [-0.15, -0.1) is 24.8 Å². The largest absolute Gasteiger partial charge is 0.492 e. The molecule has 4 heterocycles. The van der Waals surface area contributed by atoms with E-state index in [4.69, 9.17) is 4.74 Å². The number of aromatic nitrogens is 4. The molecule has 0 saturated carbocycles. The molecule has 0 unspecified atom stereocenters. The second-order valence-corrected chi connectivity index (χ2v) is 7.66. The maximum atomic E-state index is 5.94. The average molecular weight is 472 g/mol. The van der Waals surface area contributed by atoms with Gasteiger partial charge in [-0.05, 0) is 55.8 Å². The van der Waals surface area contributed by atoms with E-state index in [2.05, 4.69) is 32.1 Å². The molecule has 0 spiro atoms. The number of hydrogen-bond acceptors (Lipinski definition) is 5. The predicted octanol–water partition coefficient (Wildman–Crippen LogP) is 5.17. The molecular formula is C24H27Cl2N5O. The van der Waals surface area contributed by atoms with E-state index in [0.29, 0.717) is 0 Å². The topological polar surface area (TPSA) is 55.6 Å². The van der Waals surface area contributed by atoms with Crippen LogP contribution in [0.15, 0.2) is 67.3 Å². The minimum absolute atomic E-state index is 0. The molecule has 0 amide bonds. The Labute approximate surface area is 200 Å². The Kier molecular flexibility index (Phi) is 8.45. The summed E-state index contributed by atoms with van der Waals surface area (Å²) in [5, 5.41) is 4.47. The number of piperidine rings is 1. The van der Waals surface area contributed by atoms with Gasteiger partial charge in [0, 0.05) is 30.7 Å². The number of rotatable bonds is 6. The lowest BCUT2D eigenvalue weighted by Crippen LogP contribution is -2.33. The van der Waals surface area contributed by atoms with Crippen LogP contribution in [0.3, 0.4) is 0 Å². The fraction of sp³-hybridized carbons (Fsp3) is 0.292. The number of pyridine rings is 1. The molecule has 1 aromatic carbocycles. The Balaban J connectivity index is 0.00000144. The second-order valence-electron chi connectivity index (χ2n) is 7.66. The van der Waals surface area contributed by atoms with Gasteiger partial charge in [-0.1, -0.05) is 24.6 Å². The first-order valence-electron chi connectivity index (χ1n) is 10.6. The predicted molar refractivity (Wildman–Crippen MR) is 132 cm³/mol. The molecule has 5 rings (SSSR count). The van der Waals surface area contributed by atoms with Crippen LogP contribution in [0.25, 0.3) is 28.0 Å². The van der Waals surface area contributed by atoms with Gasteiger partial charge in [0.25, 0.3) is 0 Å². The minimum Gasteiger partial charge on any atom is -0.492 e. The van der Waals surface area contributed by atoms with E-state index in [0.717, 1.165) is 46.9 Å². The highest BCUT2D eigenvalue weighted by Gasteiger charge is 2.11. The molecule has 0 N–H and O–H groups in total. The first-order valence-corrected chi connectivity index (χ1v) is 10.6. The second kappa shape index (κ2) is 11.3. The third-order valence-corrected chi connectivity index (χ3v) is 5.61. The van der Waals surface area contributed by atoms with E-state index < -0.39 is 0 Å². The van der Waals surface area contributed by atoms with Crippen molar-refractivity contribution in [2.75, 3.05) is 26.2 Å². The molecular weight excluding hydrogens is 445 g/mol. The van der Waals surface area contributed by atoms with Crippen molar-refractivity contribution in [1.82, 2.24) is 24.5 Å². The van der Waals surface area contributed by atoms with E-state index in [1.165, 1.54) is 32.4 Å². The van der Waals surface area contributed by atoms with Gasteiger partial charge < -0.3 is 4.74 Å². The molecule has 168 valence electrons. The van der Waals surface area contributed by atoms with Crippen LogP contribution in [-0.4, -0.2) is 50.7 Å². The van der Waals surface area contributed by atoms with Crippen molar-refractivity contribution < 1.29 is 4.74 Å². The van der Waals surface area contributed by atoms with Crippen LogP contribution in [0.2, 0.25) is 0 Å². The standard InChI is InChI=1S/C24H25N5O.2ClH/c1-4-12-28(13-5-1)14-15-30-21-9-7-19(8-10-21)20-16-26-24-22(17-27-29(24)18-20)23-6-2-3-11-25-23;;/h2-3,6-11,16-18H,1,4-5,12-15H2;2*1H. The highest BCUT2D eigenvalue weighted by atomic mass is 35.5. The summed E-state index contributed by atoms with van der Waals surface area (Å²) in [5.41, 5.74) is 4.70. The summed E-state index contributed by atoms with van der Waals surface area (Å²) in [4.78, 5) is 11.5. The lowest BCUT2D eigenvalue weighted by atomic mass is 10.1. The fourth-order valence-corrected chi connectivity index (χ4v) is 3.95. The number of hydrogen-bond donors (Lipinski definition) is 0. The number of benzene rings is 1. The fourth-order valence-electron chi connectivity index (χ4n) is 3.95. The molecule has 0 radical (unpaired) electrons. The summed E-state index contributed by atoms with van der Waals surface area (Å²) in [6.45, 7) is 4.14. The molecule has 0 aliphatic carbocycles. The van der Waals surface area contributed by atoms with Crippen LogP contribution in [0.1, 0.15) is 19.3 Å². The monoisotopic (exact) mass is 471 g/mol. The van der Waals surface area contributed by atoms with Gasteiger partial charge >= 0.3 is 0 Å². The summed E-state index contributed by atoms with van der Waals surface area (Å²) >= 11 is 0. The number of halogens is 2. The molecule has 32 heavy (non-hydrogen) atoms. The van der Waals surface area contributed by atoms with E-state index in [1.54, 1.807) is 6.20 Å². The lowest BCUT2D eigenvalue weighted by Gasteiger charge is -2.26. The highest BCUT2D eigenvalue weighted by Crippen LogP contribution is 2.25. The lowest BCUT2D eigenvalue weighted by molar-refractivity contribution is 0.183. The van der Waals surface area contributed by atoms with Crippen molar-refractivity contribution in [2.45, 2.75) is 19.3 Å². The van der Waals surface area contributed by atoms with Gasteiger partial charge in [0.2, 0.25) is 0 Å². The zero-order valence-electron chi connectivity index (χ0n) is 17.8. The van der Waals surface area contributed by atoms with Gasteiger partial charge in [0.15, 0.2) is 5.65 Å². The average Bonchev–Trinajstić information content (AvgIpc) is 3.24. The molecule has 3 aromatic heterocycles. The summed E-state index contributed by atoms with van der Waals surface area (Å²) in [6, 6.07) is 14.0. The van der Waals surface area contributed by atoms with Gasteiger partial charge in [-0.2, -0.15) is 5.10 Å². The van der Waals surface area contributed by atoms with Crippen LogP contribution >= 0.6 is 24.8 Å². The van der Waals surface area contributed by atoms with Crippen molar-refractivity contribution in [2.24, 2.45) is 0 Å². The third-order valence-electron chi connectivity index (χ3n) is 5.61. The number of ether oxygens (including phenoxy) is 1. The summed E-state index contributed by atoms with van der Waals surface area (Å²) in [6.07, 6.45) is 11.5. The molecule has 1 saturated heterocycles. The number of nitrogens with zero attached hydrogens (tertiary/aromatic N) is 5. The minimum atomic E-state index is 0. The first kappa shape index (κ1) is 24.0. The van der Waals surface area contributed by atoms with Crippen molar-refractivity contribution in [3.63, 3.8) is 0 Å². The van der Waals surface area contributed by atoms with Crippen molar-refractivity contribution in [1.29, 1.82) is 0 Å². The van der Waals surface area contributed by atoms with E-state index in [-0.39, 0.29) is 24.8 Å². The van der Waals surface area contributed by atoms with Crippen molar-refractivity contribution in [3.8, 4) is 28.1 Å². The normalized spacial score (nSPS) is 13.9. The van der Waals surface area contributed by atoms with Gasteiger partial charge in [-0.3, -0.25) is 9.88 Å². The first-order chi connectivity index (χ1) is 14.9. The maximum absolute atomic E-state index is 5.94. The zero-order valence-corrected chi connectivity index (χ0v) is 19.4. The Hall–Kier alpha value is -2.67. The summed E-state index contributed by atoms with van der Waals surface area (Å²) in [5.74, 6) is 0.904. The van der Waals surface area contributed by atoms with Crippen LogP contribution < -0.4 is 4.74 Å². The van der Waals surface area contributed by atoms with Crippen molar-refractivity contribution in [3.05, 3.63) is 67.3 Å². The molecule has 1 aliphatic rings. The molecule has 6 nitrogen and oxygen atoms in total. The quantitative estimate of drug-likeness (QED) is 0.388. The molecule has 0 bridgehead atoms. The number of fused-ring (bicyclic) bond motifs is 1. The Morgan fingerprint density at radius 2 is 1.66 bits per heavy atom. The Morgan fingerprint density at radius 3 is 2.41 bits per heavy atom. The number of likely N-dealkylation sites (tertiary alicyclic amines) is 1. The molecule has 1 aliphatic heterocycles. The zero-order chi connectivity index (χ0) is 20.2. The van der Waals surface area contributed by atoms with Crippen molar-refractivity contribution >= 4 is 30.5 Å². The van der Waals surface area contributed by atoms with Crippen LogP contribution in [0, 0.1) is 0 Å². The molecule has 1 fully saturated rings. The SMILES string of the molecule is Cl.Cl.c1ccc(-c2cnn3cc(-c4ccc(OCCN5CCCCC5)cc4)cnc23)nc1. The van der Waals surface area contributed by atoms with Crippen LogP contribution in [0.4, 0.5) is 0 Å². The van der Waals surface area contributed by atoms with Gasteiger partial charge in [0.1, 0.15) is 12.4 Å². The van der Waals surface area contributed by atoms with Gasteiger partial charge in [-0.25, -0.2) is 9.50 Å². The maximum Gasteiger partial charge on any atom is 0.164 e. The Morgan fingerprint density at radius 1 is 0.844 bits per heavy atom. The highest BCUT2D eigenvalue weighted by molar-refractivity contribution is 5.85. The Bertz CT molecular complexity index is 1110. The van der Waals surface area contributed by atoms with E-state index >= 15 is 0 Å². The van der Waals surface area contributed by atoms with E-state index in [1.807, 2.05) is 53.4 Å². The van der Waals surface area contributed by atoms with Gasteiger partial charge in [0.05, 0.1) is 17.5 Å². The summed E-state index contributed by atoms with van der Waals surface area (Å²) in [7, 11) is 0. The summed E-state index contributed by atoms with van der Waals surface area (Å²) < 4.78 is 7.75. The molecule has 8 heteroatoms. The van der Waals surface area contributed by atoms with Crippen LogP contribution in [0.5, 0.6) is 5.75 Å². The third kappa shape index (κ3) is 5.38. The van der Waals surface area contributed by atoms with Crippen LogP contribution in [-0.2, 0) is 0 Å².